The van der Waals surface area contributed by atoms with Crippen molar-refractivity contribution in [3.05, 3.63) is 81.7 Å². The molecule has 3 unspecified atom stereocenters. The number of halogens is 1. The highest BCUT2D eigenvalue weighted by atomic mass is 19.1. The van der Waals surface area contributed by atoms with E-state index in [-0.39, 0.29) is 40.7 Å². The second kappa shape index (κ2) is 14.3. The lowest BCUT2D eigenvalue weighted by Gasteiger charge is -2.42. The molecule has 3 atom stereocenters. The summed E-state index contributed by atoms with van der Waals surface area (Å²) in [6.07, 6.45) is 7.08. The van der Waals surface area contributed by atoms with Crippen LogP contribution in [0.25, 0.3) is 10.9 Å². The number of carbonyl (C=O) groups is 2. The number of carbonyl (C=O) groups excluding carboxylic acids is 1. The van der Waals surface area contributed by atoms with Gasteiger partial charge in [0.2, 0.25) is 11.2 Å². The molecule has 1 amide bonds. The highest BCUT2D eigenvalue weighted by molar-refractivity contribution is 5.95. The van der Waals surface area contributed by atoms with Gasteiger partial charge in [0.1, 0.15) is 23.2 Å². The van der Waals surface area contributed by atoms with Crippen LogP contribution in [-0.2, 0) is 0 Å². The van der Waals surface area contributed by atoms with Crippen molar-refractivity contribution in [1.82, 2.24) is 25.3 Å². The number of pyridine rings is 2. The second-order valence-electron chi connectivity index (χ2n) is 13.3. The Hall–Kier alpha value is -5.41. The summed E-state index contributed by atoms with van der Waals surface area (Å²) in [5, 5.41) is 9.58. The normalized spacial score (nSPS) is 19.2. The number of benzene rings is 2. The van der Waals surface area contributed by atoms with E-state index in [1.54, 1.807) is 22.8 Å². The van der Waals surface area contributed by atoms with Crippen molar-refractivity contribution in [2.75, 3.05) is 53.0 Å². The molecule has 15 heteroatoms. The Morgan fingerprint density at radius 1 is 0.962 bits per heavy atom. The molecule has 2 aliphatic heterocycles. The number of carboxylic acids is 1. The minimum atomic E-state index is -1.40. The summed E-state index contributed by atoms with van der Waals surface area (Å²) in [5.41, 5.74) is 6.35. The van der Waals surface area contributed by atoms with E-state index in [1.165, 1.54) is 47.0 Å². The minimum absolute atomic E-state index is 0.0157. The van der Waals surface area contributed by atoms with Crippen molar-refractivity contribution in [2.45, 2.75) is 43.9 Å². The van der Waals surface area contributed by atoms with E-state index in [9.17, 15) is 19.5 Å². The van der Waals surface area contributed by atoms with Gasteiger partial charge >= 0.3 is 5.97 Å². The van der Waals surface area contributed by atoms with Crippen LogP contribution in [0.2, 0.25) is 0 Å². The van der Waals surface area contributed by atoms with Gasteiger partial charge in [-0.25, -0.2) is 14.6 Å². The number of methoxy groups -OCH3 is 4. The predicted molar refractivity (Wildman–Crippen MR) is 189 cm³/mol. The Morgan fingerprint density at radius 2 is 1.65 bits per heavy atom. The van der Waals surface area contributed by atoms with Crippen LogP contribution >= 0.6 is 0 Å². The number of amides is 1. The first-order valence-corrected chi connectivity index (χ1v) is 17.1. The van der Waals surface area contributed by atoms with Crippen LogP contribution in [0.4, 0.5) is 10.1 Å². The molecule has 3 fully saturated rings. The van der Waals surface area contributed by atoms with Gasteiger partial charge in [-0.3, -0.25) is 24.9 Å². The number of ether oxygens (including phenoxy) is 4. The molecule has 1 saturated carbocycles. The van der Waals surface area contributed by atoms with Crippen molar-refractivity contribution in [3.63, 3.8) is 0 Å². The quantitative estimate of drug-likeness (QED) is 0.181. The summed E-state index contributed by atoms with van der Waals surface area (Å²) < 4.78 is 41.3. The van der Waals surface area contributed by atoms with Crippen LogP contribution in [0.3, 0.4) is 0 Å². The average molecular weight is 717 g/mol. The monoisotopic (exact) mass is 716 g/mol. The van der Waals surface area contributed by atoms with Gasteiger partial charge in [-0.1, -0.05) is 0 Å². The van der Waals surface area contributed by atoms with Gasteiger partial charge < -0.3 is 33.5 Å². The van der Waals surface area contributed by atoms with E-state index < -0.39 is 28.9 Å². The minimum Gasteiger partial charge on any atom is -0.494 e. The van der Waals surface area contributed by atoms with Crippen molar-refractivity contribution in [3.8, 4) is 23.0 Å². The van der Waals surface area contributed by atoms with Gasteiger partial charge in [0.15, 0.2) is 17.3 Å². The fraction of sp³-hybridized carbons (Fsp3) is 0.405. The van der Waals surface area contributed by atoms with Crippen LogP contribution in [-0.4, -0.2) is 85.5 Å². The lowest BCUT2D eigenvalue weighted by molar-refractivity contribution is 0.0484. The number of hydrogen-bond donors (Lipinski definition) is 3. The third-order valence-corrected chi connectivity index (χ3v) is 10.3. The van der Waals surface area contributed by atoms with Crippen LogP contribution in [0.5, 0.6) is 23.0 Å². The highest BCUT2D eigenvalue weighted by Gasteiger charge is 2.44. The Morgan fingerprint density at radius 3 is 2.27 bits per heavy atom. The Bertz CT molecular complexity index is 2050. The number of hydrogen-bond acceptors (Lipinski definition) is 11. The second-order valence-corrected chi connectivity index (χ2v) is 13.3. The molecule has 0 spiro atoms. The topological polar surface area (TPSA) is 157 Å². The molecule has 14 nitrogen and oxygen atoms in total. The molecule has 7 rings (SSSR count). The summed E-state index contributed by atoms with van der Waals surface area (Å²) >= 11 is 0. The number of aromatic nitrogens is 2. The number of anilines is 1. The van der Waals surface area contributed by atoms with Crippen molar-refractivity contribution in [2.24, 2.45) is 5.92 Å². The summed E-state index contributed by atoms with van der Waals surface area (Å²) in [5.74, 6) is -0.935. The molecule has 0 bridgehead atoms. The van der Waals surface area contributed by atoms with E-state index in [4.69, 9.17) is 18.9 Å². The van der Waals surface area contributed by atoms with E-state index in [2.05, 4.69) is 20.7 Å². The van der Waals surface area contributed by atoms with Crippen molar-refractivity contribution in [1.29, 1.82) is 0 Å². The molecule has 2 saturated heterocycles. The fourth-order valence-corrected chi connectivity index (χ4v) is 7.73. The first-order valence-electron chi connectivity index (χ1n) is 17.1. The van der Waals surface area contributed by atoms with Crippen molar-refractivity contribution >= 4 is 28.5 Å². The number of rotatable bonds is 12. The largest absolute Gasteiger partial charge is 0.494 e. The first-order chi connectivity index (χ1) is 25.2. The molecule has 3 aliphatic rings. The lowest BCUT2D eigenvalue weighted by Crippen LogP contribution is -2.54. The lowest BCUT2D eigenvalue weighted by atomic mass is 9.91. The number of piperidine rings is 1. The van der Waals surface area contributed by atoms with Gasteiger partial charge in [-0.05, 0) is 61.4 Å². The summed E-state index contributed by atoms with van der Waals surface area (Å²) in [4.78, 5) is 46.9. The van der Waals surface area contributed by atoms with Crippen LogP contribution in [0.15, 0.2) is 53.7 Å². The van der Waals surface area contributed by atoms with Crippen LogP contribution < -0.4 is 40.1 Å². The van der Waals surface area contributed by atoms with Gasteiger partial charge in [-0.15, -0.1) is 0 Å². The number of nitrogens with one attached hydrogen (secondary N) is 2. The molecular formula is C37H41FN6O8. The smallest absolute Gasteiger partial charge is 0.341 e. The molecule has 0 radical (unpaired) electrons. The molecule has 4 aromatic rings. The average Bonchev–Trinajstić information content (AvgIpc) is 3.91. The van der Waals surface area contributed by atoms with E-state index in [1.807, 2.05) is 17.0 Å². The summed E-state index contributed by atoms with van der Waals surface area (Å²) in [6, 6.07) is 8.36. The number of hydrazine groups is 1. The number of aromatic carboxylic acids is 1. The van der Waals surface area contributed by atoms with Crippen LogP contribution in [0, 0.1) is 11.7 Å². The Balaban J connectivity index is 1.28. The molecule has 1 aliphatic carbocycles. The third-order valence-electron chi connectivity index (χ3n) is 10.3. The molecule has 274 valence electrons. The molecular weight excluding hydrogens is 675 g/mol. The number of likely N-dealkylation sites (tertiary alicyclic amines) is 1. The maximum atomic E-state index is 16.9. The third kappa shape index (κ3) is 6.23. The zero-order valence-corrected chi connectivity index (χ0v) is 29.3. The fourth-order valence-electron chi connectivity index (χ4n) is 7.73. The van der Waals surface area contributed by atoms with Gasteiger partial charge in [0.25, 0.3) is 5.91 Å². The maximum absolute atomic E-state index is 16.9. The van der Waals surface area contributed by atoms with Gasteiger partial charge in [-0.2, -0.15) is 0 Å². The Labute approximate surface area is 299 Å². The molecule has 4 heterocycles. The molecule has 2 aromatic carbocycles. The summed E-state index contributed by atoms with van der Waals surface area (Å²) in [6.45, 7) is 1.46. The van der Waals surface area contributed by atoms with Gasteiger partial charge in [0, 0.05) is 61.9 Å². The van der Waals surface area contributed by atoms with Gasteiger partial charge in [0.05, 0.1) is 39.3 Å². The first kappa shape index (κ1) is 35.0. The zero-order chi connectivity index (χ0) is 36.7. The SMILES string of the molecule is COc1cc(C(NNC(=O)c2ccncc2)N2CCCC3CN(c4c(OC)cc5c(c4F)c(=O)c(C(=O)O)cn5C4CC4)CC32)cc(OC)c1OC. The Kier molecular flexibility index (Phi) is 9.63. The maximum Gasteiger partial charge on any atom is 0.341 e. The zero-order valence-electron chi connectivity index (χ0n) is 29.3. The number of fused-ring (bicyclic) bond motifs is 2. The van der Waals surface area contributed by atoms with Crippen molar-refractivity contribution < 1.29 is 38.0 Å². The molecule has 52 heavy (non-hydrogen) atoms. The molecule has 2 aromatic heterocycles. The number of nitrogens with zero attached hydrogens (tertiary/aromatic N) is 4. The van der Waals surface area contributed by atoms with Crippen LogP contribution in [0.1, 0.15) is 64.2 Å². The standard InChI is InChI=1S/C37H41FN6O8/c1-49-27-16-25-30(33(45)24(37(47)48)18-44(25)23-7-8-23)31(38)32(27)42-17-21-6-5-13-43(26(21)19-42)35(40-41-36(46)20-9-11-39-12-10-20)22-14-28(50-2)34(52-4)29(15-22)51-3/h9-12,14-16,18,21,23,26,35,40H,5-8,13,17,19H2,1-4H3,(H,41,46)(H,47,48). The highest BCUT2D eigenvalue weighted by Crippen LogP contribution is 2.46. The van der Waals surface area contributed by atoms with E-state index in [0.717, 1.165) is 31.2 Å². The number of carboxylic acid groups (broad SMARTS) is 1. The summed E-state index contributed by atoms with van der Waals surface area (Å²) in [7, 11) is 6.05. The predicted octanol–water partition coefficient (Wildman–Crippen LogP) is 4.14. The van der Waals surface area contributed by atoms with E-state index in [0.29, 0.717) is 48.0 Å². The molecule has 3 N–H and O–H groups in total. The van der Waals surface area contributed by atoms with E-state index >= 15 is 4.39 Å².